The Morgan fingerprint density at radius 3 is 2.20 bits per heavy atom. The maximum absolute atomic E-state index is 4.74. The Bertz CT molecular complexity index is 899. The zero-order valence-corrected chi connectivity index (χ0v) is 15.5. The van der Waals surface area contributed by atoms with Crippen LogP contribution in [0.4, 0.5) is 11.6 Å². The number of piperazine rings is 1. The van der Waals surface area contributed by atoms with Gasteiger partial charge < -0.3 is 14.2 Å². The Balaban J connectivity index is 1.56. The summed E-state index contributed by atoms with van der Waals surface area (Å²) in [6, 6.07) is 0. The number of thioether (sulfide) groups is 1. The first kappa shape index (κ1) is 16.1. The molecule has 1 aliphatic rings. The Kier molecular flexibility index (Phi) is 4.20. The molecule has 0 bridgehead atoms. The van der Waals surface area contributed by atoms with E-state index in [-0.39, 0.29) is 0 Å². The molecule has 1 fully saturated rings. The maximum atomic E-state index is 4.74. The van der Waals surface area contributed by atoms with E-state index in [2.05, 4.69) is 38.6 Å². The number of hydrogen-bond donors (Lipinski definition) is 0. The Morgan fingerprint density at radius 1 is 0.880 bits per heavy atom. The van der Waals surface area contributed by atoms with E-state index in [9.17, 15) is 0 Å². The monoisotopic (exact) mass is 355 g/mol. The largest absolute Gasteiger partial charge is 0.353 e. The highest BCUT2D eigenvalue weighted by atomic mass is 32.2. The van der Waals surface area contributed by atoms with Gasteiger partial charge in [-0.25, -0.2) is 19.9 Å². The number of hydrogen-bond acceptors (Lipinski definition) is 7. The molecule has 8 heteroatoms. The topological polar surface area (TPSA) is 62.5 Å². The van der Waals surface area contributed by atoms with Crippen molar-refractivity contribution in [3.63, 3.8) is 0 Å². The minimum absolute atomic E-state index is 0.837. The zero-order chi connectivity index (χ0) is 17.4. The summed E-state index contributed by atoms with van der Waals surface area (Å²) in [4.78, 5) is 22.9. The van der Waals surface area contributed by atoms with E-state index in [4.69, 9.17) is 4.98 Å². The molecular weight excluding hydrogens is 334 g/mol. The molecule has 0 aliphatic carbocycles. The lowest BCUT2D eigenvalue weighted by Crippen LogP contribution is -2.47. The van der Waals surface area contributed by atoms with E-state index >= 15 is 0 Å². The van der Waals surface area contributed by atoms with E-state index in [1.807, 2.05) is 35.4 Å². The van der Waals surface area contributed by atoms with Gasteiger partial charge in [-0.2, -0.15) is 0 Å². The molecule has 4 heterocycles. The van der Waals surface area contributed by atoms with Crippen molar-refractivity contribution in [1.29, 1.82) is 0 Å². The lowest BCUT2D eigenvalue weighted by atomic mass is 10.2. The standard InChI is InChI=1S/C17H21N7S/c1-12-13(2)20-17(25-3)21-14(12)23-8-10-24(11-9-23)16-15-18-4-6-22(15)7-5-19-16/h4-7H,8-11H2,1-3H3. The summed E-state index contributed by atoms with van der Waals surface area (Å²) in [5.74, 6) is 2.01. The second-order valence-electron chi connectivity index (χ2n) is 6.13. The van der Waals surface area contributed by atoms with Crippen LogP contribution >= 0.6 is 11.8 Å². The molecule has 0 spiro atoms. The molecule has 0 N–H and O–H groups in total. The normalized spacial score (nSPS) is 15.2. The van der Waals surface area contributed by atoms with Crippen molar-refractivity contribution in [3.05, 3.63) is 36.0 Å². The molecule has 3 aromatic heterocycles. The van der Waals surface area contributed by atoms with Gasteiger partial charge in [0.15, 0.2) is 16.6 Å². The first-order valence-electron chi connectivity index (χ1n) is 8.34. The molecule has 0 amide bonds. The van der Waals surface area contributed by atoms with Gasteiger partial charge in [-0.3, -0.25) is 0 Å². The summed E-state index contributed by atoms with van der Waals surface area (Å²) in [7, 11) is 0. The molecule has 4 rings (SSSR count). The number of fused-ring (bicyclic) bond motifs is 1. The van der Waals surface area contributed by atoms with Gasteiger partial charge in [-0.1, -0.05) is 11.8 Å². The third-order valence-corrected chi connectivity index (χ3v) is 5.24. The Hall–Kier alpha value is -2.35. The van der Waals surface area contributed by atoms with Crippen LogP contribution in [0.25, 0.3) is 5.65 Å². The molecule has 0 atom stereocenters. The third kappa shape index (κ3) is 2.90. The fraction of sp³-hybridized carbons (Fsp3) is 0.412. The summed E-state index contributed by atoms with van der Waals surface area (Å²) in [5.41, 5.74) is 3.13. The van der Waals surface area contributed by atoms with Crippen molar-refractivity contribution in [1.82, 2.24) is 24.3 Å². The van der Waals surface area contributed by atoms with Crippen LogP contribution < -0.4 is 9.80 Å². The van der Waals surface area contributed by atoms with Crippen LogP contribution in [0.15, 0.2) is 29.9 Å². The third-order valence-electron chi connectivity index (χ3n) is 4.70. The predicted octanol–water partition coefficient (Wildman–Crippen LogP) is 2.18. The van der Waals surface area contributed by atoms with Crippen molar-refractivity contribution in [2.75, 3.05) is 42.2 Å². The molecule has 0 unspecified atom stereocenters. The van der Waals surface area contributed by atoms with Crippen LogP contribution in [-0.2, 0) is 0 Å². The number of aromatic nitrogens is 5. The number of rotatable bonds is 3. The number of aryl methyl sites for hydroxylation is 1. The van der Waals surface area contributed by atoms with Crippen LogP contribution in [0.2, 0.25) is 0 Å². The van der Waals surface area contributed by atoms with E-state index < -0.39 is 0 Å². The van der Waals surface area contributed by atoms with Gasteiger partial charge >= 0.3 is 0 Å². The molecular formula is C17H21N7S. The van der Waals surface area contributed by atoms with E-state index in [0.717, 1.165) is 54.3 Å². The van der Waals surface area contributed by atoms with Crippen molar-refractivity contribution in [3.8, 4) is 0 Å². The molecule has 0 radical (unpaired) electrons. The van der Waals surface area contributed by atoms with Crippen molar-refractivity contribution in [2.45, 2.75) is 19.0 Å². The SMILES string of the molecule is CSc1nc(C)c(C)c(N2CCN(c3nccn4ccnc34)CC2)n1. The maximum Gasteiger partial charge on any atom is 0.189 e. The summed E-state index contributed by atoms with van der Waals surface area (Å²) in [6.45, 7) is 7.78. The first-order valence-corrected chi connectivity index (χ1v) is 9.56. The highest BCUT2D eigenvalue weighted by Crippen LogP contribution is 2.25. The van der Waals surface area contributed by atoms with Gasteiger partial charge in [-0.15, -0.1) is 0 Å². The summed E-state index contributed by atoms with van der Waals surface area (Å²) >= 11 is 1.59. The second-order valence-corrected chi connectivity index (χ2v) is 6.90. The first-order chi connectivity index (χ1) is 12.2. The van der Waals surface area contributed by atoms with Gasteiger partial charge in [-0.05, 0) is 20.1 Å². The van der Waals surface area contributed by atoms with Gasteiger partial charge in [0, 0.05) is 62.2 Å². The zero-order valence-electron chi connectivity index (χ0n) is 14.7. The van der Waals surface area contributed by atoms with E-state index in [1.54, 1.807) is 11.8 Å². The van der Waals surface area contributed by atoms with E-state index in [1.165, 1.54) is 5.56 Å². The molecule has 1 aliphatic heterocycles. The van der Waals surface area contributed by atoms with Crippen molar-refractivity contribution in [2.24, 2.45) is 0 Å². The Labute approximate surface area is 151 Å². The van der Waals surface area contributed by atoms with Crippen LogP contribution in [0.1, 0.15) is 11.3 Å². The average Bonchev–Trinajstić information content (AvgIpc) is 3.13. The number of nitrogens with zero attached hydrogens (tertiary/aromatic N) is 7. The molecule has 0 saturated carbocycles. The average molecular weight is 355 g/mol. The van der Waals surface area contributed by atoms with Gasteiger partial charge in [0.2, 0.25) is 0 Å². The lowest BCUT2D eigenvalue weighted by Gasteiger charge is -2.36. The summed E-state index contributed by atoms with van der Waals surface area (Å²) in [6.07, 6.45) is 9.54. The smallest absolute Gasteiger partial charge is 0.189 e. The lowest BCUT2D eigenvalue weighted by molar-refractivity contribution is 0.635. The van der Waals surface area contributed by atoms with Gasteiger partial charge in [0.1, 0.15) is 5.82 Å². The summed E-state index contributed by atoms with van der Waals surface area (Å²) < 4.78 is 2.01. The van der Waals surface area contributed by atoms with Crippen molar-refractivity contribution >= 4 is 29.0 Å². The molecule has 0 aromatic carbocycles. The summed E-state index contributed by atoms with van der Waals surface area (Å²) in [5, 5.41) is 0.837. The highest BCUT2D eigenvalue weighted by Gasteiger charge is 2.23. The molecule has 7 nitrogen and oxygen atoms in total. The molecule has 130 valence electrons. The molecule has 3 aromatic rings. The van der Waals surface area contributed by atoms with Gasteiger partial charge in [0.25, 0.3) is 0 Å². The fourth-order valence-electron chi connectivity index (χ4n) is 3.18. The minimum atomic E-state index is 0.837. The quantitative estimate of drug-likeness (QED) is 0.527. The van der Waals surface area contributed by atoms with Crippen LogP contribution in [-0.4, -0.2) is 56.8 Å². The number of anilines is 2. The Morgan fingerprint density at radius 2 is 1.52 bits per heavy atom. The van der Waals surface area contributed by atoms with Crippen LogP contribution in [0.5, 0.6) is 0 Å². The number of imidazole rings is 1. The molecule has 25 heavy (non-hydrogen) atoms. The fourth-order valence-corrected chi connectivity index (χ4v) is 3.59. The second kappa shape index (κ2) is 6.51. The van der Waals surface area contributed by atoms with Crippen LogP contribution in [0.3, 0.4) is 0 Å². The van der Waals surface area contributed by atoms with Crippen LogP contribution in [0, 0.1) is 13.8 Å². The van der Waals surface area contributed by atoms with E-state index in [0.29, 0.717) is 0 Å². The molecule has 1 saturated heterocycles. The van der Waals surface area contributed by atoms with Crippen molar-refractivity contribution < 1.29 is 0 Å². The van der Waals surface area contributed by atoms with Gasteiger partial charge in [0.05, 0.1) is 0 Å². The highest BCUT2D eigenvalue weighted by molar-refractivity contribution is 7.98. The minimum Gasteiger partial charge on any atom is -0.353 e. The predicted molar refractivity (Wildman–Crippen MR) is 101 cm³/mol.